The van der Waals surface area contributed by atoms with Crippen molar-refractivity contribution in [2.24, 2.45) is 4.99 Å². The van der Waals surface area contributed by atoms with Crippen molar-refractivity contribution in [3.8, 4) is 0 Å². The topological polar surface area (TPSA) is 69.9 Å². The third kappa shape index (κ3) is 6.06. The number of hydrogen-bond donors (Lipinski definition) is 0. The molecule has 31 heavy (non-hydrogen) atoms. The highest BCUT2D eigenvalue weighted by atomic mass is 32.2. The normalized spacial score (nSPS) is 11.8. The summed E-state index contributed by atoms with van der Waals surface area (Å²) in [5.41, 5.74) is 2.32. The van der Waals surface area contributed by atoms with Gasteiger partial charge in [0.1, 0.15) is 0 Å². The van der Waals surface area contributed by atoms with Gasteiger partial charge in [-0.3, -0.25) is 4.79 Å². The molecule has 0 aliphatic rings. The van der Waals surface area contributed by atoms with Crippen LogP contribution in [0, 0.1) is 0 Å². The standard InChI is InChI=1S/C23H26N2O4S2/c1-4-29-22(27)17-8-11-19-20(15-17)31-23(25(19)12-13-28-3)24-21(26)14-16-6-9-18(10-7-16)30-5-2/h6-11,15H,4-5,12-14H2,1-3H3. The monoisotopic (exact) mass is 458 g/mol. The predicted molar refractivity (Wildman–Crippen MR) is 125 cm³/mol. The first-order chi connectivity index (χ1) is 15.0. The van der Waals surface area contributed by atoms with Gasteiger partial charge >= 0.3 is 5.97 Å². The molecule has 1 aromatic heterocycles. The molecule has 3 rings (SSSR count). The van der Waals surface area contributed by atoms with E-state index in [0.717, 1.165) is 21.5 Å². The number of methoxy groups -OCH3 is 1. The Balaban J connectivity index is 1.91. The summed E-state index contributed by atoms with van der Waals surface area (Å²) in [5, 5.41) is 0. The van der Waals surface area contributed by atoms with Crippen molar-refractivity contribution in [2.75, 3.05) is 26.1 Å². The highest BCUT2D eigenvalue weighted by Crippen LogP contribution is 2.21. The van der Waals surface area contributed by atoms with E-state index < -0.39 is 0 Å². The van der Waals surface area contributed by atoms with Crippen molar-refractivity contribution < 1.29 is 19.1 Å². The zero-order valence-corrected chi connectivity index (χ0v) is 19.6. The summed E-state index contributed by atoms with van der Waals surface area (Å²) in [6.07, 6.45) is 0.240. The first kappa shape index (κ1) is 23.2. The van der Waals surface area contributed by atoms with Gasteiger partial charge in [-0.1, -0.05) is 30.4 Å². The van der Waals surface area contributed by atoms with Crippen LogP contribution in [0.2, 0.25) is 0 Å². The van der Waals surface area contributed by atoms with Gasteiger partial charge in [-0.2, -0.15) is 4.99 Å². The van der Waals surface area contributed by atoms with E-state index in [1.54, 1.807) is 37.9 Å². The van der Waals surface area contributed by atoms with Gasteiger partial charge in [0.05, 0.1) is 35.4 Å². The number of fused-ring (bicyclic) bond motifs is 1. The number of nitrogens with zero attached hydrogens (tertiary/aromatic N) is 2. The van der Waals surface area contributed by atoms with Gasteiger partial charge in [-0.15, -0.1) is 11.8 Å². The van der Waals surface area contributed by atoms with Crippen LogP contribution in [0.3, 0.4) is 0 Å². The van der Waals surface area contributed by atoms with Crippen LogP contribution in [0.15, 0.2) is 52.4 Å². The molecule has 1 amide bonds. The second-order valence-corrected chi connectivity index (χ2v) is 9.04. The number of carbonyl (C=O) groups is 2. The molecule has 3 aromatic rings. The molecule has 0 saturated heterocycles. The Kier molecular flexibility index (Phi) is 8.45. The van der Waals surface area contributed by atoms with Gasteiger partial charge in [-0.05, 0) is 48.6 Å². The summed E-state index contributed by atoms with van der Waals surface area (Å²) < 4.78 is 13.1. The Morgan fingerprint density at radius 2 is 1.90 bits per heavy atom. The number of hydrogen-bond acceptors (Lipinski definition) is 6. The van der Waals surface area contributed by atoms with Crippen LogP contribution >= 0.6 is 23.1 Å². The third-order valence-electron chi connectivity index (χ3n) is 4.52. The summed E-state index contributed by atoms with van der Waals surface area (Å²) in [4.78, 5) is 30.9. The minimum Gasteiger partial charge on any atom is -0.462 e. The zero-order valence-electron chi connectivity index (χ0n) is 17.9. The Morgan fingerprint density at radius 1 is 1.13 bits per heavy atom. The smallest absolute Gasteiger partial charge is 0.338 e. The number of ether oxygens (including phenoxy) is 2. The van der Waals surface area contributed by atoms with E-state index >= 15 is 0 Å². The molecule has 0 aliphatic carbocycles. The zero-order chi connectivity index (χ0) is 22.2. The molecular formula is C23H26N2O4S2. The first-order valence-corrected chi connectivity index (χ1v) is 11.9. The summed E-state index contributed by atoms with van der Waals surface area (Å²) in [6, 6.07) is 13.4. The second-order valence-electron chi connectivity index (χ2n) is 6.69. The average molecular weight is 459 g/mol. The number of thiazole rings is 1. The molecule has 0 atom stereocenters. The molecule has 8 heteroatoms. The fourth-order valence-corrected chi connectivity index (χ4v) is 4.86. The van der Waals surface area contributed by atoms with Crippen LogP contribution < -0.4 is 4.80 Å². The van der Waals surface area contributed by atoms with Crippen LogP contribution in [-0.4, -0.2) is 42.5 Å². The number of aromatic nitrogens is 1. The Morgan fingerprint density at radius 3 is 2.58 bits per heavy atom. The van der Waals surface area contributed by atoms with E-state index in [1.165, 1.54) is 16.2 Å². The van der Waals surface area contributed by atoms with Gasteiger partial charge < -0.3 is 14.0 Å². The lowest BCUT2D eigenvalue weighted by Gasteiger charge is -2.05. The van der Waals surface area contributed by atoms with Crippen molar-refractivity contribution in [2.45, 2.75) is 31.7 Å². The van der Waals surface area contributed by atoms with Gasteiger partial charge in [-0.25, -0.2) is 4.79 Å². The summed E-state index contributed by atoms with van der Waals surface area (Å²) in [6.45, 7) is 5.26. The minimum absolute atomic E-state index is 0.209. The van der Waals surface area contributed by atoms with Crippen molar-refractivity contribution in [1.82, 2.24) is 4.57 Å². The van der Waals surface area contributed by atoms with Gasteiger partial charge in [0, 0.05) is 18.6 Å². The quantitative estimate of drug-likeness (QED) is 0.353. The van der Waals surface area contributed by atoms with Crippen molar-refractivity contribution in [3.63, 3.8) is 0 Å². The lowest BCUT2D eigenvalue weighted by Crippen LogP contribution is -2.19. The predicted octanol–water partition coefficient (Wildman–Crippen LogP) is 4.31. The summed E-state index contributed by atoms with van der Waals surface area (Å²) in [7, 11) is 1.64. The molecule has 2 aromatic carbocycles. The fourth-order valence-electron chi connectivity index (χ4n) is 3.09. The van der Waals surface area contributed by atoms with E-state index in [4.69, 9.17) is 9.47 Å². The maximum Gasteiger partial charge on any atom is 0.338 e. The lowest BCUT2D eigenvalue weighted by molar-refractivity contribution is -0.117. The third-order valence-corrected chi connectivity index (χ3v) is 6.46. The summed E-state index contributed by atoms with van der Waals surface area (Å²) >= 11 is 3.15. The van der Waals surface area contributed by atoms with E-state index in [-0.39, 0.29) is 18.3 Å². The first-order valence-electron chi connectivity index (χ1n) is 10.1. The molecule has 164 valence electrons. The van der Waals surface area contributed by atoms with E-state index in [0.29, 0.717) is 30.1 Å². The van der Waals surface area contributed by atoms with Gasteiger partial charge in [0.25, 0.3) is 5.91 Å². The minimum atomic E-state index is -0.361. The molecule has 0 fully saturated rings. The SMILES string of the molecule is CCOC(=O)c1ccc2c(c1)sc(=NC(=O)Cc1ccc(SCC)cc1)n2CCOC. The van der Waals surface area contributed by atoms with Gasteiger partial charge in [0.2, 0.25) is 0 Å². The number of esters is 1. The van der Waals surface area contributed by atoms with Crippen LogP contribution in [0.1, 0.15) is 29.8 Å². The van der Waals surface area contributed by atoms with E-state index in [1.807, 2.05) is 34.9 Å². The number of benzene rings is 2. The van der Waals surface area contributed by atoms with Crippen LogP contribution in [0.5, 0.6) is 0 Å². The van der Waals surface area contributed by atoms with Crippen LogP contribution in [0.25, 0.3) is 10.2 Å². The van der Waals surface area contributed by atoms with E-state index in [2.05, 4.69) is 11.9 Å². The Bertz CT molecular complexity index is 1120. The van der Waals surface area contributed by atoms with Crippen molar-refractivity contribution in [3.05, 3.63) is 58.4 Å². The Hall–Kier alpha value is -2.42. The van der Waals surface area contributed by atoms with E-state index in [9.17, 15) is 9.59 Å². The lowest BCUT2D eigenvalue weighted by atomic mass is 10.1. The highest BCUT2D eigenvalue weighted by molar-refractivity contribution is 7.99. The maximum atomic E-state index is 12.7. The fraction of sp³-hybridized carbons (Fsp3) is 0.348. The molecule has 0 spiro atoms. The number of carbonyl (C=O) groups excluding carboxylic acids is 2. The molecule has 1 heterocycles. The molecule has 0 unspecified atom stereocenters. The highest BCUT2D eigenvalue weighted by Gasteiger charge is 2.13. The molecule has 0 saturated carbocycles. The maximum absolute atomic E-state index is 12.7. The molecule has 0 radical (unpaired) electrons. The second kappa shape index (κ2) is 11.3. The van der Waals surface area contributed by atoms with Crippen molar-refractivity contribution in [1.29, 1.82) is 0 Å². The molecule has 0 aliphatic heterocycles. The van der Waals surface area contributed by atoms with Crippen molar-refractivity contribution >= 4 is 45.2 Å². The van der Waals surface area contributed by atoms with Gasteiger partial charge in [0.15, 0.2) is 4.80 Å². The van der Waals surface area contributed by atoms with Crippen LogP contribution in [0.4, 0.5) is 0 Å². The average Bonchev–Trinajstić information content (AvgIpc) is 3.09. The number of rotatable bonds is 9. The molecular weight excluding hydrogens is 432 g/mol. The molecule has 6 nitrogen and oxygen atoms in total. The molecule has 0 bridgehead atoms. The largest absolute Gasteiger partial charge is 0.462 e. The van der Waals surface area contributed by atoms with Crippen LogP contribution in [-0.2, 0) is 27.2 Å². The number of amides is 1. The molecule has 0 N–H and O–H groups in total. The number of thioether (sulfide) groups is 1. The summed E-state index contributed by atoms with van der Waals surface area (Å²) in [5.74, 6) is 0.443. The Labute approximate surface area is 189 Å².